The molecule has 1 aliphatic rings. The van der Waals surface area contributed by atoms with Gasteiger partial charge in [0, 0.05) is 30.5 Å². The lowest BCUT2D eigenvalue weighted by molar-refractivity contribution is -0.113. The summed E-state index contributed by atoms with van der Waals surface area (Å²) < 4.78 is 7.59. The van der Waals surface area contributed by atoms with Crippen LogP contribution in [0, 0.1) is 0 Å². The van der Waals surface area contributed by atoms with E-state index in [2.05, 4.69) is 25.7 Å². The number of aliphatic hydroxyl groups excluding tert-OH is 1. The van der Waals surface area contributed by atoms with Crippen molar-refractivity contribution >= 4 is 17.7 Å². The molecule has 0 aliphatic carbocycles. The SMILES string of the molecule is CCOc1ccccc1C1C(C(=O)Nc2ccccn2)=C(C)Nc2nc(CCCO)nn21. The number of hydrogen-bond donors (Lipinski definition) is 3. The summed E-state index contributed by atoms with van der Waals surface area (Å²) in [6.45, 7) is 4.31. The number of ether oxygens (including phenoxy) is 1. The second kappa shape index (κ2) is 9.61. The van der Waals surface area contributed by atoms with Gasteiger partial charge in [-0.25, -0.2) is 9.67 Å². The molecule has 1 amide bonds. The Labute approximate surface area is 186 Å². The fourth-order valence-corrected chi connectivity index (χ4v) is 3.73. The third-order valence-electron chi connectivity index (χ3n) is 5.12. The highest BCUT2D eigenvalue weighted by Gasteiger charge is 2.36. The maximum atomic E-state index is 13.4. The number of hydrogen-bond acceptors (Lipinski definition) is 7. The van der Waals surface area contributed by atoms with Crippen LogP contribution < -0.4 is 15.4 Å². The molecule has 1 unspecified atom stereocenters. The zero-order chi connectivity index (χ0) is 22.5. The molecule has 1 aliphatic heterocycles. The molecule has 9 nitrogen and oxygen atoms in total. The van der Waals surface area contributed by atoms with E-state index in [1.165, 1.54) is 0 Å². The van der Waals surface area contributed by atoms with Crippen LogP contribution in [-0.2, 0) is 11.2 Å². The number of amides is 1. The van der Waals surface area contributed by atoms with Gasteiger partial charge >= 0.3 is 0 Å². The first-order valence-electron chi connectivity index (χ1n) is 10.6. The number of nitrogens with zero attached hydrogens (tertiary/aromatic N) is 4. The Balaban J connectivity index is 1.80. The quantitative estimate of drug-likeness (QED) is 0.499. The lowest BCUT2D eigenvalue weighted by Gasteiger charge is -2.29. The van der Waals surface area contributed by atoms with Gasteiger partial charge in [-0.3, -0.25) is 4.79 Å². The summed E-state index contributed by atoms with van der Waals surface area (Å²) in [6, 6.07) is 12.4. The van der Waals surface area contributed by atoms with E-state index < -0.39 is 6.04 Å². The Morgan fingerprint density at radius 1 is 1.25 bits per heavy atom. The van der Waals surface area contributed by atoms with E-state index in [4.69, 9.17) is 4.74 Å². The number of aryl methyl sites for hydroxylation is 1. The van der Waals surface area contributed by atoms with Crippen molar-refractivity contribution in [3.63, 3.8) is 0 Å². The van der Waals surface area contributed by atoms with Gasteiger partial charge in [0.2, 0.25) is 5.95 Å². The first-order valence-corrected chi connectivity index (χ1v) is 10.6. The van der Waals surface area contributed by atoms with Crippen molar-refractivity contribution in [1.29, 1.82) is 0 Å². The van der Waals surface area contributed by atoms with Gasteiger partial charge < -0.3 is 20.5 Å². The maximum absolute atomic E-state index is 13.4. The fourth-order valence-electron chi connectivity index (χ4n) is 3.73. The minimum Gasteiger partial charge on any atom is -0.494 e. The summed E-state index contributed by atoms with van der Waals surface area (Å²) in [5.74, 6) is 1.99. The number of pyridine rings is 1. The summed E-state index contributed by atoms with van der Waals surface area (Å²) in [4.78, 5) is 22.2. The summed E-state index contributed by atoms with van der Waals surface area (Å²) in [6.07, 6.45) is 2.72. The number of carbonyl (C=O) groups is 1. The van der Waals surface area contributed by atoms with Crippen LogP contribution in [0.5, 0.6) is 5.75 Å². The van der Waals surface area contributed by atoms with E-state index in [0.717, 1.165) is 5.56 Å². The molecule has 0 fully saturated rings. The minimum absolute atomic E-state index is 0.0584. The maximum Gasteiger partial charge on any atom is 0.257 e. The van der Waals surface area contributed by atoms with Gasteiger partial charge in [-0.1, -0.05) is 24.3 Å². The Morgan fingerprint density at radius 3 is 2.81 bits per heavy atom. The van der Waals surface area contributed by atoms with Crippen molar-refractivity contribution < 1.29 is 14.6 Å². The number of aliphatic hydroxyl groups is 1. The average molecular weight is 435 g/mol. The second-order valence-corrected chi connectivity index (χ2v) is 7.33. The van der Waals surface area contributed by atoms with Crippen LogP contribution in [0.4, 0.5) is 11.8 Å². The van der Waals surface area contributed by atoms with Crippen molar-refractivity contribution in [2.24, 2.45) is 0 Å². The number of rotatable bonds is 8. The molecule has 0 bridgehead atoms. The van der Waals surface area contributed by atoms with Crippen LogP contribution in [0.1, 0.15) is 37.7 Å². The second-order valence-electron chi connectivity index (χ2n) is 7.33. The molecule has 0 saturated heterocycles. The highest BCUT2D eigenvalue weighted by molar-refractivity contribution is 6.05. The number of nitrogens with one attached hydrogen (secondary N) is 2. The van der Waals surface area contributed by atoms with Gasteiger partial charge in [0.1, 0.15) is 17.6 Å². The Bertz CT molecular complexity index is 1130. The molecule has 3 N–H and O–H groups in total. The van der Waals surface area contributed by atoms with E-state index in [0.29, 0.717) is 54.1 Å². The molecule has 4 rings (SSSR count). The predicted molar refractivity (Wildman–Crippen MR) is 120 cm³/mol. The molecule has 9 heteroatoms. The van der Waals surface area contributed by atoms with Crippen LogP contribution in [0.25, 0.3) is 0 Å². The summed E-state index contributed by atoms with van der Waals surface area (Å²) in [7, 11) is 0. The molecule has 0 spiro atoms. The number of para-hydroxylation sites is 1. The molecule has 1 atom stereocenters. The monoisotopic (exact) mass is 434 g/mol. The van der Waals surface area contributed by atoms with Gasteiger partial charge in [0.15, 0.2) is 5.82 Å². The molecule has 32 heavy (non-hydrogen) atoms. The lowest BCUT2D eigenvalue weighted by Crippen LogP contribution is -2.32. The highest BCUT2D eigenvalue weighted by Crippen LogP contribution is 2.39. The predicted octanol–water partition coefficient (Wildman–Crippen LogP) is 2.92. The number of anilines is 2. The van der Waals surface area contributed by atoms with Crippen LogP contribution in [-0.4, -0.2) is 44.0 Å². The zero-order valence-corrected chi connectivity index (χ0v) is 18.1. The standard InChI is InChI=1S/C23H26N6O3/c1-3-32-17-10-5-4-9-16(17)21-20(22(31)26-18-11-6-7-13-24-18)15(2)25-23-27-19(12-8-14-30)28-29(21)23/h4-7,9-11,13,21,30H,3,8,12,14H2,1-2H3,(H,24,26,31)(H,25,27,28). The number of fused-ring (bicyclic) bond motifs is 1. The van der Waals surface area contributed by atoms with Crippen LogP contribution in [0.15, 0.2) is 59.9 Å². The van der Waals surface area contributed by atoms with E-state index >= 15 is 0 Å². The van der Waals surface area contributed by atoms with Crippen molar-refractivity contribution in [2.75, 3.05) is 23.8 Å². The smallest absolute Gasteiger partial charge is 0.257 e. The first kappa shape index (κ1) is 21.5. The average Bonchev–Trinajstić information content (AvgIpc) is 3.20. The van der Waals surface area contributed by atoms with E-state index in [1.807, 2.05) is 44.2 Å². The molecular formula is C23H26N6O3. The van der Waals surface area contributed by atoms with Gasteiger partial charge in [0.05, 0.1) is 12.2 Å². The molecule has 3 heterocycles. The van der Waals surface area contributed by atoms with Crippen LogP contribution >= 0.6 is 0 Å². The third kappa shape index (κ3) is 4.33. The van der Waals surface area contributed by atoms with E-state index in [-0.39, 0.29) is 12.5 Å². The molecule has 2 aromatic heterocycles. The number of benzene rings is 1. The summed E-state index contributed by atoms with van der Waals surface area (Å²) >= 11 is 0. The van der Waals surface area contributed by atoms with E-state index in [9.17, 15) is 9.90 Å². The molecule has 0 saturated carbocycles. The molecule has 166 valence electrons. The van der Waals surface area contributed by atoms with Gasteiger partial charge in [-0.15, -0.1) is 0 Å². The fraction of sp³-hybridized carbons (Fsp3) is 0.304. The zero-order valence-electron chi connectivity index (χ0n) is 18.1. The van der Waals surface area contributed by atoms with Gasteiger partial charge in [0.25, 0.3) is 5.91 Å². The summed E-state index contributed by atoms with van der Waals surface area (Å²) in [5, 5.41) is 20.0. The minimum atomic E-state index is -0.548. The van der Waals surface area contributed by atoms with Crippen molar-refractivity contribution in [2.45, 2.75) is 32.7 Å². The largest absolute Gasteiger partial charge is 0.494 e. The van der Waals surface area contributed by atoms with Crippen LogP contribution in [0.3, 0.4) is 0 Å². The summed E-state index contributed by atoms with van der Waals surface area (Å²) in [5.41, 5.74) is 1.97. The van der Waals surface area contributed by atoms with Crippen LogP contribution in [0.2, 0.25) is 0 Å². The molecule has 0 radical (unpaired) electrons. The van der Waals surface area contributed by atoms with Gasteiger partial charge in [-0.2, -0.15) is 10.1 Å². The van der Waals surface area contributed by atoms with Crippen molar-refractivity contribution in [3.05, 3.63) is 71.3 Å². The first-order chi connectivity index (χ1) is 15.6. The van der Waals surface area contributed by atoms with Crippen molar-refractivity contribution in [3.8, 4) is 5.75 Å². The number of carbonyl (C=O) groups excluding carboxylic acids is 1. The highest BCUT2D eigenvalue weighted by atomic mass is 16.5. The Morgan fingerprint density at radius 2 is 2.06 bits per heavy atom. The van der Waals surface area contributed by atoms with E-state index in [1.54, 1.807) is 23.0 Å². The topological polar surface area (TPSA) is 114 Å². The van der Waals surface area contributed by atoms with Gasteiger partial charge in [-0.05, 0) is 38.5 Å². The third-order valence-corrected chi connectivity index (χ3v) is 5.12. The lowest BCUT2D eigenvalue weighted by atomic mass is 9.94. The normalized spacial score (nSPS) is 15.2. The Kier molecular flexibility index (Phi) is 6.46. The number of allylic oxidation sites excluding steroid dienone is 1. The van der Waals surface area contributed by atoms with Crippen molar-refractivity contribution in [1.82, 2.24) is 19.7 Å². The molecule has 3 aromatic rings. The number of aromatic nitrogens is 4. The molecular weight excluding hydrogens is 408 g/mol. The Hall–Kier alpha value is -3.72. The molecule has 1 aromatic carbocycles.